The number of ether oxygens (including phenoxy) is 2. The van der Waals surface area contributed by atoms with Gasteiger partial charge in [-0.25, -0.2) is 9.78 Å². The number of benzene rings is 3. The molecule has 1 saturated carbocycles. The molecule has 0 aliphatic heterocycles. The number of aromatic nitrogens is 1. The molecule has 0 saturated heterocycles. The molecule has 3 aromatic carbocycles. The molecule has 1 aliphatic rings. The van der Waals surface area contributed by atoms with Crippen LogP contribution in [0.2, 0.25) is 0 Å². The minimum absolute atomic E-state index is 0.0278. The van der Waals surface area contributed by atoms with Gasteiger partial charge in [-0.15, -0.1) is 0 Å². The first-order valence-electron chi connectivity index (χ1n) is 14.8. The van der Waals surface area contributed by atoms with Gasteiger partial charge < -0.3 is 30.1 Å². The maximum atomic E-state index is 12.8. The Hall–Kier alpha value is -5.38. The van der Waals surface area contributed by atoms with Crippen LogP contribution < -0.4 is 25.0 Å². The van der Waals surface area contributed by atoms with Crippen LogP contribution in [0, 0.1) is 0 Å². The second-order valence-corrected chi connectivity index (χ2v) is 11.2. The highest BCUT2D eigenvalue weighted by Crippen LogP contribution is 2.27. The third-order valence-electron chi connectivity index (χ3n) is 7.58. The quantitative estimate of drug-likeness (QED) is 0.191. The maximum Gasteiger partial charge on any atom is 0.337 e. The summed E-state index contributed by atoms with van der Waals surface area (Å²) in [6.07, 6.45) is 5.06. The van der Waals surface area contributed by atoms with Crippen molar-refractivity contribution in [2.45, 2.75) is 44.2 Å². The molecule has 0 unspecified atom stereocenters. The molecule has 2 amide bonds. The van der Waals surface area contributed by atoms with Crippen LogP contribution in [0.5, 0.6) is 17.4 Å². The van der Waals surface area contributed by atoms with Crippen molar-refractivity contribution >= 4 is 29.2 Å². The molecule has 5 rings (SSSR count). The lowest BCUT2D eigenvalue weighted by Crippen LogP contribution is -2.39. The van der Waals surface area contributed by atoms with Crippen LogP contribution in [0.25, 0.3) is 0 Å². The van der Waals surface area contributed by atoms with E-state index in [0.29, 0.717) is 22.8 Å². The average molecular weight is 609 g/mol. The Balaban J connectivity index is 1.05. The number of aromatic carboxylic acids is 1. The SMILES string of the molecule is CN(C)c1cccc(C(=O)NC2CCC(Oc3ccc(Oc4ccc(CC(=O)Nc5ccccc5C(=O)O)cn4)cc3)CC2)c1. The number of nitrogens with zero attached hydrogens (tertiary/aromatic N) is 2. The molecule has 1 fully saturated rings. The normalized spacial score (nSPS) is 15.9. The molecular formula is C35H36N4O6. The molecule has 4 aromatic rings. The lowest BCUT2D eigenvalue weighted by atomic mass is 9.92. The number of hydrogen-bond donors (Lipinski definition) is 3. The summed E-state index contributed by atoms with van der Waals surface area (Å²) in [6.45, 7) is 0. The lowest BCUT2D eigenvalue weighted by molar-refractivity contribution is -0.115. The van der Waals surface area contributed by atoms with Gasteiger partial charge in [0, 0.05) is 43.7 Å². The summed E-state index contributed by atoms with van der Waals surface area (Å²) in [5.41, 5.74) is 2.58. The second kappa shape index (κ2) is 14.4. The smallest absolute Gasteiger partial charge is 0.337 e. The summed E-state index contributed by atoms with van der Waals surface area (Å²) in [6, 6.07) is 24.7. The van der Waals surface area contributed by atoms with Crippen LogP contribution in [0.4, 0.5) is 11.4 Å². The van der Waals surface area contributed by atoms with Gasteiger partial charge in [0.25, 0.3) is 5.91 Å². The molecule has 0 radical (unpaired) electrons. The number of carboxylic acids is 1. The monoisotopic (exact) mass is 608 g/mol. The van der Waals surface area contributed by atoms with Crippen molar-refractivity contribution in [2.24, 2.45) is 0 Å². The number of nitrogens with one attached hydrogen (secondary N) is 2. The van der Waals surface area contributed by atoms with Crippen molar-refractivity contribution in [1.29, 1.82) is 0 Å². The number of para-hydroxylation sites is 1. The number of carbonyl (C=O) groups is 3. The first-order valence-corrected chi connectivity index (χ1v) is 14.8. The van der Waals surface area contributed by atoms with E-state index in [2.05, 4.69) is 15.6 Å². The Bertz CT molecular complexity index is 1630. The van der Waals surface area contributed by atoms with Crippen LogP contribution in [0.1, 0.15) is 52.0 Å². The number of carbonyl (C=O) groups excluding carboxylic acids is 2. The van der Waals surface area contributed by atoms with Gasteiger partial charge in [-0.1, -0.05) is 24.3 Å². The first-order chi connectivity index (χ1) is 21.7. The van der Waals surface area contributed by atoms with E-state index in [1.54, 1.807) is 36.5 Å². The molecule has 10 heteroatoms. The second-order valence-electron chi connectivity index (χ2n) is 11.2. The molecule has 1 heterocycles. The largest absolute Gasteiger partial charge is 0.490 e. The van der Waals surface area contributed by atoms with Crippen LogP contribution in [-0.2, 0) is 11.2 Å². The van der Waals surface area contributed by atoms with E-state index >= 15 is 0 Å². The molecule has 1 aliphatic carbocycles. The van der Waals surface area contributed by atoms with E-state index in [1.165, 1.54) is 6.07 Å². The van der Waals surface area contributed by atoms with Crippen LogP contribution in [-0.4, -0.2) is 54.1 Å². The Morgan fingerprint density at radius 3 is 2.31 bits per heavy atom. The summed E-state index contributed by atoms with van der Waals surface area (Å²) in [4.78, 5) is 42.9. The number of anilines is 2. The van der Waals surface area contributed by atoms with Crippen molar-refractivity contribution in [3.8, 4) is 17.4 Å². The van der Waals surface area contributed by atoms with Crippen molar-refractivity contribution in [3.05, 3.63) is 108 Å². The zero-order valence-electron chi connectivity index (χ0n) is 25.2. The van der Waals surface area contributed by atoms with Gasteiger partial charge in [0.05, 0.1) is 23.8 Å². The highest BCUT2D eigenvalue weighted by atomic mass is 16.5. The number of pyridine rings is 1. The van der Waals surface area contributed by atoms with E-state index in [1.807, 2.05) is 67.5 Å². The molecular weight excluding hydrogens is 572 g/mol. The third-order valence-corrected chi connectivity index (χ3v) is 7.58. The first kappa shape index (κ1) is 31.1. The summed E-state index contributed by atoms with van der Waals surface area (Å²) in [5, 5.41) is 15.1. The van der Waals surface area contributed by atoms with Crippen LogP contribution >= 0.6 is 0 Å². The molecule has 1 aromatic heterocycles. The van der Waals surface area contributed by atoms with Crippen LogP contribution in [0.15, 0.2) is 91.1 Å². The van der Waals surface area contributed by atoms with Crippen LogP contribution in [0.3, 0.4) is 0 Å². The molecule has 10 nitrogen and oxygen atoms in total. The van der Waals surface area contributed by atoms with Gasteiger partial charge in [-0.3, -0.25) is 9.59 Å². The average Bonchev–Trinajstić information content (AvgIpc) is 3.04. The summed E-state index contributed by atoms with van der Waals surface area (Å²) < 4.78 is 12.0. The standard InChI is InChI=1S/C35H36N4O6/c1-39(2)26-7-5-6-24(21-26)34(41)37-25-11-13-27(14-12-25)44-28-15-17-29(18-16-28)45-33-19-10-23(22-36-33)20-32(40)38-31-9-4-3-8-30(31)35(42)43/h3-10,15-19,21-22,25,27H,11-14,20H2,1-2H3,(H,37,41)(H,38,40)(H,42,43). The molecule has 3 N–H and O–H groups in total. The zero-order valence-corrected chi connectivity index (χ0v) is 25.2. The number of hydrogen-bond acceptors (Lipinski definition) is 7. The number of rotatable bonds is 11. The fourth-order valence-electron chi connectivity index (χ4n) is 5.15. The van der Waals surface area contributed by atoms with Gasteiger partial charge in [-0.2, -0.15) is 0 Å². The minimum Gasteiger partial charge on any atom is -0.490 e. The molecule has 0 bridgehead atoms. The fraction of sp³-hybridized carbons (Fsp3) is 0.257. The Morgan fingerprint density at radius 2 is 1.62 bits per heavy atom. The van der Waals surface area contributed by atoms with E-state index in [9.17, 15) is 19.5 Å². The van der Waals surface area contributed by atoms with Crippen molar-refractivity contribution < 1.29 is 29.0 Å². The van der Waals surface area contributed by atoms with Gasteiger partial charge in [-0.05, 0) is 85.8 Å². The summed E-state index contributed by atoms with van der Waals surface area (Å²) in [5.74, 6) is 0.204. The molecule has 232 valence electrons. The van der Waals surface area contributed by atoms with Gasteiger partial charge in [0.1, 0.15) is 11.5 Å². The maximum absolute atomic E-state index is 12.8. The summed E-state index contributed by atoms with van der Waals surface area (Å²) in [7, 11) is 3.91. The highest BCUT2D eigenvalue weighted by molar-refractivity contribution is 6.01. The van der Waals surface area contributed by atoms with Crippen molar-refractivity contribution in [2.75, 3.05) is 24.3 Å². The van der Waals surface area contributed by atoms with E-state index in [-0.39, 0.29) is 41.6 Å². The highest BCUT2D eigenvalue weighted by Gasteiger charge is 2.24. The molecule has 0 atom stereocenters. The Kier molecular flexibility index (Phi) is 9.93. The minimum atomic E-state index is -1.11. The Morgan fingerprint density at radius 1 is 0.889 bits per heavy atom. The van der Waals surface area contributed by atoms with Crippen molar-refractivity contribution in [1.82, 2.24) is 10.3 Å². The number of carboxylic acid groups (broad SMARTS) is 1. The fourth-order valence-corrected chi connectivity index (χ4v) is 5.15. The van der Waals surface area contributed by atoms with E-state index < -0.39 is 5.97 Å². The lowest BCUT2D eigenvalue weighted by Gasteiger charge is -2.29. The third kappa shape index (κ3) is 8.60. The Labute approximate surface area is 262 Å². The molecule has 0 spiro atoms. The van der Waals surface area contributed by atoms with E-state index in [4.69, 9.17) is 9.47 Å². The topological polar surface area (TPSA) is 130 Å². The summed E-state index contributed by atoms with van der Waals surface area (Å²) >= 11 is 0. The zero-order chi connectivity index (χ0) is 31.8. The van der Waals surface area contributed by atoms with Gasteiger partial charge >= 0.3 is 5.97 Å². The van der Waals surface area contributed by atoms with Gasteiger partial charge in [0.2, 0.25) is 11.8 Å². The number of amides is 2. The predicted octanol–water partition coefficient (Wildman–Crippen LogP) is 5.94. The van der Waals surface area contributed by atoms with Gasteiger partial charge in [0.15, 0.2) is 0 Å². The van der Waals surface area contributed by atoms with Crippen molar-refractivity contribution in [3.63, 3.8) is 0 Å². The predicted molar refractivity (Wildman–Crippen MR) is 171 cm³/mol. The molecule has 45 heavy (non-hydrogen) atoms. The van der Waals surface area contributed by atoms with E-state index in [0.717, 1.165) is 37.1 Å².